The normalized spacial score (nSPS) is 19.0. The molecule has 792 valence electrons. The first-order valence-corrected chi connectivity index (χ1v) is 56.3. The zero-order valence-corrected chi connectivity index (χ0v) is 91.9. The van der Waals surface area contributed by atoms with Crippen LogP contribution in [0.5, 0.6) is 11.6 Å². The molecule has 13 heterocycles. The van der Waals surface area contributed by atoms with Crippen LogP contribution >= 0.6 is 23.2 Å². The molecule has 4 aliphatic heterocycles. The summed E-state index contributed by atoms with van der Waals surface area (Å²) in [6.07, 6.45) is 15.2. The van der Waals surface area contributed by atoms with Gasteiger partial charge in [-0.15, -0.1) is 5.10 Å². The second-order valence-corrected chi connectivity index (χ2v) is 50.2. The molecule has 11 aromatic rings. The first kappa shape index (κ1) is 112. The standard InChI is InChI=1S/C28H35N5O4S.C28H41N5O3S.C25H27Cl2N5O3S.C25H33N7O4S/c1-18(2)17-37-21-9-6-8-20(14-21)23-13-12-22(26(30-23)33-16-19(3)15-28(33,4)5)27(34)32-38(35,36)25-11-7-10-24(29)31-25;1-19-17-28(5,6)33(18-19)25-22(9-8-16-29-25)26(34)32-37(35,36)24-11-7-10-23(31-24)30-21-14-12-20(13-15-21)27(2,3)4;1-16-13-25(2,3)32(15-16)23-19(6-5-11-28-23)24(33)31-36(34,35)22-8-4-7-21(30-22)29-14-17-9-10-18(26)12-20(17)27;1-6-17(3)36-21-11-13-32(29-21)20-10-9-18(23(28-20)31-15-16(2)14-25(31,4)5)24(33)30-37(34,35)19-8-7-12-27-22(19)26/h6-14,18-19H,15-17H2,1-5H3,(H2,29,31)(H,32,34);7-11,16,19-21H,12-15,17-18H2,1-6H3,(H,30,31)(H,32,34);4-12,16H,13-15H2,1-3H3,(H,29,30)(H,31,33);7-13,16-17H,6,14-15H2,1-5H3,(H2,26,27)(H,30,33)/t19-;;;16-,17?/m0..0/s1. The fourth-order valence-corrected chi connectivity index (χ4v) is 24.1. The third-order valence-electron chi connectivity index (χ3n) is 26.8. The van der Waals surface area contributed by atoms with Crippen molar-refractivity contribution >= 4 is 133 Å². The smallest absolute Gasteiger partial charge is 0.281 e. The van der Waals surface area contributed by atoms with Crippen molar-refractivity contribution in [2.75, 3.05) is 74.5 Å². The van der Waals surface area contributed by atoms with Crippen molar-refractivity contribution in [3.8, 4) is 28.7 Å². The molecule has 36 nitrogen and oxygen atoms in total. The van der Waals surface area contributed by atoms with Crippen molar-refractivity contribution < 1.29 is 62.3 Å². The maximum atomic E-state index is 13.4. The van der Waals surface area contributed by atoms with Gasteiger partial charge in [-0.25, -0.2) is 71.9 Å². The fraction of sp³-hybridized carbons (Fsp3) is 0.443. The summed E-state index contributed by atoms with van der Waals surface area (Å²) in [5.74, 6) is 3.70. The van der Waals surface area contributed by atoms with Crippen molar-refractivity contribution in [1.29, 1.82) is 0 Å². The van der Waals surface area contributed by atoms with Crippen LogP contribution in [0.25, 0.3) is 17.1 Å². The Morgan fingerprint density at radius 2 is 0.939 bits per heavy atom. The van der Waals surface area contributed by atoms with Gasteiger partial charge in [0.25, 0.3) is 63.7 Å². The van der Waals surface area contributed by atoms with E-state index in [0.717, 1.165) is 87.8 Å². The van der Waals surface area contributed by atoms with Crippen molar-refractivity contribution in [1.82, 2.24) is 68.5 Å². The van der Waals surface area contributed by atoms with Gasteiger partial charge in [0.2, 0.25) is 5.88 Å². The Labute approximate surface area is 879 Å². The van der Waals surface area contributed by atoms with Crippen LogP contribution in [0.1, 0.15) is 236 Å². The minimum absolute atomic E-state index is 0.0145. The number of nitrogen functional groups attached to an aromatic ring is 2. The number of halogens is 2. The van der Waals surface area contributed by atoms with Gasteiger partial charge in [-0.3, -0.25) is 19.2 Å². The first-order chi connectivity index (χ1) is 69.5. The highest BCUT2D eigenvalue weighted by atomic mass is 35.5. The Morgan fingerprint density at radius 3 is 1.42 bits per heavy atom. The number of benzene rings is 2. The minimum atomic E-state index is -4.26. The van der Waals surface area contributed by atoms with E-state index in [1.165, 1.54) is 48.7 Å². The Kier molecular flexibility index (Phi) is 35.0. The molecule has 9 aromatic heterocycles. The number of nitrogens with one attached hydrogen (secondary N) is 6. The maximum Gasteiger partial charge on any atom is 0.281 e. The van der Waals surface area contributed by atoms with E-state index in [9.17, 15) is 52.8 Å². The third kappa shape index (κ3) is 28.0. The number of carbonyl (C=O) groups excluding carboxylic acids is 4. The van der Waals surface area contributed by atoms with Crippen LogP contribution in [0.4, 0.5) is 46.5 Å². The van der Waals surface area contributed by atoms with Crippen molar-refractivity contribution in [3.63, 3.8) is 0 Å². The van der Waals surface area contributed by atoms with E-state index < -0.39 is 63.7 Å². The van der Waals surface area contributed by atoms with Crippen LogP contribution in [-0.2, 0) is 46.6 Å². The lowest BCUT2D eigenvalue weighted by atomic mass is 9.71. The van der Waals surface area contributed by atoms with Gasteiger partial charge in [0, 0.05) is 107 Å². The molecule has 0 spiro atoms. The number of aromatic nitrogens is 10. The van der Waals surface area contributed by atoms with Crippen LogP contribution in [0.15, 0.2) is 209 Å². The predicted molar refractivity (Wildman–Crippen MR) is 578 cm³/mol. The van der Waals surface area contributed by atoms with Crippen molar-refractivity contribution in [3.05, 3.63) is 226 Å². The highest BCUT2D eigenvalue weighted by Crippen LogP contribution is 2.45. The quantitative estimate of drug-likeness (QED) is 0.0216. The molecular weight excluding hydrogens is 2000 g/mol. The molecule has 5 fully saturated rings. The van der Waals surface area contributed by atoms with E-state index in [-0.39, 0.29) is 88.2 Å². The fourth-order valence-electron chi connectivity index (χ4n) is 19.8. The Bertz CT molecular complexity index is 7150. The highest BCUT2D eigenvalue weighted by Gasteiger charge is 2.45. The molecule has 42 heteroatoms. The van der Waals surface area contributed by atoms with E-state index in [1.54, 1.807) is 120 Å². The average molecular weight is 2140 g/mol. The molecule has 0 radical (unpaired) electrons. The van der Waals surface area contributed by atoms with Crippen LogP contribution in [0.2, 0.25) is 10.0 Å². The lowest BCUT2D eigenvalue weighted by molar-refractivity contribution is 0.0972. The highest BCUT2D eigenvalue weighted by molar-refractivity contribution is 7.91. The number of ether oxygens (including phenoxy) is 2. The number of nitrogens with zero attached hydrogens (tertiary/aromatic N) is 14. The topological polar surface area (TPSA) is 481 Å². The molecule has 1 saturated carbocycles. The predicted octanol–water partition coefficient (Wildman–Crippen LogP) is 18.0. The van der Waals surface area contributed by atoms with Gasteiger partial charge in [0.15, 0.2) is 20.9 Å². The molecule has 148 heavy (non-hydrogen) atoms. The number of carbonyl (C=O) groups is 4. The molecule has 1 aliphatic carbocycles. The zero-order chi connectivity index (χ0) is 108. The molecule has 5 atom stereocenters. The Hall–Kier alpha value is -12.9. The van der Waals surface area contributed by atoms with Gasteiger partial charge >= 0.3 is 0 Å². The number of sulfonamides is 4. The van der Waals surface area contributed by atoms with E-state index in [1.807, 2.05) is 43.0 Å². The number of anilines is 8. The van der Waals surface area contributed by atoms with E-state index in [0.29, 0.717) is 130 Å². The van der Waals surface area contributed by atoms with Gasteiger partial charge in [0.1, 0.15) is 57.2 Å². The van der Waals surface area contributed by atoms with Gasteiger partial charge in [0.05, 0.1) is 40.7 Å². The molecule has 3 unspecified atom stereocenters. The van der Waals surface area contributed by atoms with Gasteiger partial charge < -0.3 is 51.2 Å². The van der Waals surface area contributed by atoms with Gasteiger partial charge in [-0.2, -0.15) is 25.3 Å². The summed E-state index contributed by atoms with van der Waals surface area (Å²) in [7, 11) is -16.9. The van der Waals surface area contributed by atoms with E-state index in [2.05, 4.69) is 197 Å². The first-order valence-electron chi connectivity index (χ1n) is 49.6. The van der Waals surface area contributed by atoms with Crippen LogP contribution in [-0.4, -0.2) is 174 Å². The minimum Gasteiger partial charge on any atom is -0.493 e. The summed E-state index contributed by atoms with van der Waals surface area (Å²) in [6, 6.07) is 44.0. The molecule has 16 rings (SSSR count). The van der Waals surface area contributed by atoms with Crippen LogP contribution in [0, 0.1) is 40.9 Å². The molecule has 5 aliphatic rings. The summed E-state index contributed by atoms with van der Waals surface area (Å²) in [6.45, 7) is 44.1. The summed E-state index contributed by atoms with van der Waals surface area (Å²) in [4.78, 5) is 95.9. The summed E-state index contributed by atoms with van der Waals surface area (Å²) in [5.41, 5.74) is 13.7. The number of hydrogen-bond acceptors (Lipinski definition) is 31. The number of nitrogens with two attached hydrogens (primary N) is 2. The molecule has 0 bridgehead atoms. The number of rotatable bonds is 29. The summed E-state index contributed by atoms with van der Waals surface area (Å²) in [5, 5.41) is 11.1. The lowest BCUT2D eigenvalue weighted by Gasteiger charge is -2.37. The lowest BCUT2D eigenvalue weighted by Crippen LogP contribution is -2.41. The molecule has 4 amide bonds. The zero-order valence-electron chi connectivity index (χ0n) is 87.1. The third-order valence-corrected chi connectivity index (χ3v) is 32.5. The monoisotopic (exact) mass is 2140 g/mol. The maximum absolute atomic E-state index is 13.4. The van der Waals surface area contributed by atoms with E-state index in [4.69, 9.17) is 54.1 Å². The van der Waals surface area contributed by atoms with Crippen LogP contribution < -0.4 is 70.1 Å². The van der Waals surface area contributed by atoms with Crippen LogP contribution in [0.3, 0.4) is 0 Å². The molecular formula is C106H136Cl2N22O14S4. The number of amides is 4. The SMILES string of the molecule is CC(C)COc1cccc(-c2ccc(C(=O)NS(=O)(=O)c3cccc(N)n3)c(N3C[C@@H](C)CC3(C)C)n2)c1.CC1CN(c2ncccc2C(=O)NS(=O)(=O)c2cccc(NC3CCC(C(C)(C)C)CC3)n2)C(C)(C)C1.CC1CN(c2ncccc2C(=O)NS(=O)(=O)c2cccc(NCc3ccc(Cl)cc3Cl)n2)C(C)(C)C1.CCC(C)Oc1ccn(-c2ccc(C(=O)NS(=O)(=O)c3cccnc3N)c(N3C[C@@H](C)CC3(C)C)n2)n1. The molecule has 10 N–H and O–H groups in total. The summed E-state index contributed by atoms with van der Waals surface area (Å²) >= 11 is 12.1. The second kappa shape index (κ2) is 46.1. The average Bonchev–Trinajstić information content (AvgIpc) is 1.75. The van der Waals surface area contributed by atoms with Crippen molar-refractivity contribution in [2.24, 2.45) is 40.9 Å². The number of pyridine rings is 8. The summed E-state index contributed by atoms with van der Waals surface area (Å²) < 4.78 is 126. The van der Waals surface area contributed by atoms with E-state index >= 15 is 0 Å². The number of hydrogen-bond donors (Lipinski definition) is 8. The van der Waals surface area contributed by atoms with Gasteiger partial charge in [-0.05, 0) is 288 Å². The molecule has 2 aromatic carbocycles. The second-order valence-electron chi connectivity index (χ2n) is 42.9. The molecule has 4 saturated heterocycles. The Morgan fingerprint density at radius 1 is 0.486 bits per heavy atom. The largest absolute Gasteiger partial charge is 0.493 e. The van der Waals surface area contributed by atoms with Crippen molar-refractivity contribution in [2.45, 2.75) is 250 Å². The van der Waals surface area contributed by atoms with Gasteiger partial charge in [-0.1, -0.05) is 129 Å². The Balaban J connectivity index is 0.000000165.